The first kappa shape index (κ1) is 20.8. The molecule has 2 aromatic heterocycles. The first-order valence-electron chi connectivity index (χ1n) is 10.2. The summed E-state index contributed by atoms with van der Waals surface area (Å²) in [6.45, 7) is 1.98. The van der Waals surface area contributed by atoms with Crippen molar-refractivity contribution in [3.05, 3.63) is 42.7 Å². The molecule has 0 radical (unpaired) electrons. The van der Waals surface area contributed by atoms with Crippen molar-refractivity contribution in [1.82, 2.24) is 29.5 Å². The number of nitrogens with two attached hydrogens (primary N) is 1. The summed E-state index contributed by atoms with van der Waals surface area (Å²) in [5, 5.41) is 5.59. The second kappa shape index (κ2) is 8.73. The number of benzene rings is 1. The molecular formula is C22H27N7O2. The number of carbonyl (C=O) groups is 1. The van der Waals surface area contributed by atoms with E-state index in [9.17, 15) is 4.79 Å². The van der Waals surface area contributed by atoms with Crippen LogP contribution in [0.15, 0.2) is 42.7 Å². The third-order valence-electron chi connectivity index (χ3n) is 5.43. The molecular weight excluding hydrogens is 394 g/mol. The number of likely N-dealkylation sites (N-methyl/N-ethyl adjacent to an activating group) is 1. The van der Waals surface area contributed by atoms with E-state index in [1.54, 1.807) is 13.2 Å². The van der Waals surface area contributed by atoms with E-state index in [0.717, 1.165) is 35.4 Å². The van der Waals surface area contributed by atoms with Crippen LogP contribution >= 0.6 is 0 Å². The Balaban J connectivity index is 1.63. The molecule has 2 N–H and O–H groups in total. The Morgan fingerprint density at radius 3 is 2.77 bits per heavy atom. The van der Waals surface area contributed by atoms with Crippen molar-refractivity contribution in [2.45, 2.75) is 12.5 Å². The van der Waals surface area contributed by atoms with Crippen molar-refractivity contribution in [1.29, 1.82) is 0 Å². The summed E-state index contributed by atoms with van der Waals surface area (Å²) in [5.74, 6) is 1.17. The molecule has 3 heterocycles. The lowest BCUT2D eigenvalue weighted by molar-refractivity contribution is -0.125. The maximum Gasteiger partial charge on any atom is 0.246 e. The first-order valence-corrected chi connectivity index (χ1v) is 10.2. The maximum atomic E-state index is 12.5. The molecule has 31 heavy (non-hydrogen) atoms. The Morgan fingerprint density at radius 2 is 2.06 bits per heavy atom. The van der Waals surface area contributed by atoms with Crippen LogP contribution < -0.4 is 10.5 Å². The number of rotatable bonds is 6. The molecule has 1 aromatic carbocycles. The monoisotopic (exact) mass is 421 g/mol. The predicted octanol–water partition coefficient (Wildman–Crippen LogP) is 1.98. The summed E-state index contributed by atoms with van der Waals surface area (Å²) >= 11 is 0. The van der Waals surface area contributed by atoms with Crippen LogP contribution in [0.25, 0.3) is 22.3 Å². The molecule has 1 aliphatic heterocycles. The SMILES string of the molecule is COc1ccc(-c2nn(C3CCN(C(=O)/C=C/CN(C)C)C3)c3ncnc(N)c23)cc1. The Kier molecular flexibility index (Phi) is 5.85. The standard InChI is InChI=1S/C22H27N7O2/c1-27(2)11-4-5-18(30)28-12-10-16(13-28)29-22-19(21(23)24-14-25-22)20(26-29)15-6-8-17(31-3)9-7-15/h4-9,14,16H,10-13H2,1-3H3,(H2,23,24,25)/b5-4+. The number of nitrogen functional groups attached to an aromatic ring is 1. The van der Waals surface area contributed by atoms with Crippen molar-refractivity contribution in [2.24, 2.45) is 0 Å². The van der Waals surface area contributed by atoms with Crippen LogP contribution in [0.3, 0.4) is 0 Å². The molecule has 0 aliphatic carbocycles. The highest BCUT2D eigenvalue weighted by atomic mass is 16.5. The van der Waals surface area contributed by atoms with E-state index in [0.29, 0.717) is 24.6 Å². The van der Waals surface area contributed by atoms with Gasteiger partial charge < -0.3 is 20.3 Å². The van der Waals surface area contributed by atoms with Gasteiger partial charge in [0.1, 0.15) is 23.6 Å². The normalized spacial score (nSPS) is 16.6. The summed E-state index contributed by atoms with van der Waals surface area (Å²) in [7, 11) is 5.57. The van der Waals surface area contributed by atoms with Crippen molar-refractivity contribution in [2.75, 3.05) is 46.6 Å². The lowest BCUT2D eigenvalue weighted by Crippen LogP contribution is -2.28. The van der Waals surface area contributed by atoms with Gasteiger partial charge in [-0.15, -0.1) is 0 Å². The summed E-state index contributed by atoms with van der Waals surface area (Å²) in [5.41, 5.74) is 8.53. The number of nitrogens with zero attached hydrogens (tertiary/aromatic N) is 6. The fraction of sp³-hybridized carbons (Fsp3) is 0.364. The number of ether oxygens (including phenoxy) is 1. The number of fused-ring (bicyclic) bond motifs is 1. The smallest absolute Gasteiger partial charge is 0.246 e. The summed E-state index contributed by atoms with van der Waals surface area (Å²) in [6.07, 6.45) is 5.78. The highest BCUT2D eigenvalue weighted by Crippen LogP contribution is 2.34. The quantitative estimate of drug-likeness (QED) is 0.607. The van der Waals surface area contributed by atoms with Crippen LogP contribution in [0.4, 0.5) is 5.82 Å². The zero-order valence-corrected chi connectivity index (χ0v) is 18.0. The van der Waals surface area contributed by atoms with Gasteiger partial charge in [0, 0.05) is 31.3 Å². The Morgan fingerprint density at radius 1 is 1.29 bits per heavy atom. The van der Waals surface area contributed by atoms with Gasteiger partial charge in [-0.1, -0.05) is 6.08 Å². The van der Waals surface area contributed by atoms with E-state index < -0.39 is 0 Å². The topological polar surface area (TPSA) is 102 Å². The Labute approximate surface area is 181 Å². The average Bonchev–Trinajstić information content (AvgIpc) is 3.39. The van der Waals surface area contributed by atoms with Crippen LogP contribution in [0.1, 0.15) is 12.5 Å². The van der Waals surface area contributed by atoms with Gasteiger partial charge in [0.15, 0.2) is 5.65 Å². The molecule has 0 saturated carbocycles. The molecule has 3 aromatic rings. The highest BCUT2D eigenvalue weighted by Gasteiger charge is 2.30. The van der Waals surface area contributed by atoms with Crippen LogP contribution in [0, 0.1) is 0 Å². The third-order valence-corrected chi connectivity index (χ3v) is 5.43. The fourth-order valence-electron chi connectivity index (χ4n) is 3.81. The predicted molar refractivity (Wildman–Crippen MR) is 120 cm³/mol. The molecule has 9 nitrogen and oxygen atoms in total. The number of carbonyl (C=O) groups excluding carboxylic acids is 1. The van der Waals surface area contributed by atoms with Crippen molar-refractivity contribution in [3.8, 4) is 17.0 Å². The largest absolute Gasteiger partial charge is 0.497 e. The first-order chi connectivity index (χ1) is 15.0. The van der Waals surface area contributed by atoms with Crippen molar-refractivity contribution < 1.29 is 9.53 Å². The highest BCUT2D eigenvalue weighted by molar-refractivity contribution is 5.98. The molecule has 9 heteroatoms. The molecule has 162 valence electrons. The number of aromatic nitrogens is 4. The lowest BCUT2D eigenvalue weighted by Gasteiger charge is -2.15. The van der Waals surface area contributed by atoms with Crippen molar-refractivity contribution >= 4 is 22.8 Å². The van der Waals surface area contributed by atoms with E-state index in [-0.39, 0.29) is 11.9 Å². The van der Waals surface area contributed by atoms with Gasteiger partial charge in [-0.25, -0.2) is 14.6 Å². The molecule has 1 aliphatic rings. The minimum atomic E-state index is 0.0188. The van der Waals surface area contributed by atoms with Gasteiger partial charge in [-0.05, 0) is 44.8 Å². The van der Waals surface area contributed by atoms with Gasteiger partial charge in [0.05, 0.1) is 18.5 Å². The Hall–Kier alpha value is -3.46. The zero-order chi connectivity index (χ0) is 22.0. The van der Waals surface area contributed by atoms with E-state index >= 15 is 0 Å². The lowest BCUT2D eigenvalue weighted by atomic mass is 10.1. The number of likely N-dealkylation sites (tertiary alicyclic amines) is 1. The molecule has 1 saturated heterocycles. The number of anilines is 1. The zero-order valence-electron chi connectivity index (χ0n) is 18.0. The van der Waals surface area contributed by atoms with Gasteiger partial charge in [0.25, 0.3) is 0 Å². The molecule has 4 rings (SSSR count). The van der Waals surface area contributed by atoms with Crippen LogP contribution in [0.5, 0.6) is 5.75 Å². The van der Waals surface area contributed by atoms with Gasteiger partial charge >= 0.3 is 0 Å². The summed E-state index contributed by atoms with van der Waals surface area (Å²) in [6, 6.07) is 7.68. The Bertz CT molecular complexity index is 1100. The molecule has 1 unspecified atom stereocenters. The second-order valence-corrected chi connectivity index (χ2v) is 7.87. The fourth-order valence-corrected chi connectivity index (χ4v) is 3.81. The van der Waals surface area contributed by atoms with E-state index in [1.165, 1.54) is 6.33 Å². The number of hydrogen-bond acceptors (Lipinski definition) is 7. The third kappa shape index (κ3) is 4.22. The maximum absolute atomic E-state index is 12.5. The van der Waals surface area contributed by atoms with Gasteiger partial charge in [-0.2, -0.15) is 5.10 Å². The molecule has 1 fully saturated rings. The summed E-state index contributed by atoms with van der Waals surface area (Å²) < 4.78 is 7.15. The molecule has 0 spiro atoms. The minimum absolute atomic E-state index is 0.0188. The van der Waals surface area contributed by atoms with Crippen LogP contribution in [-0.2, 0) is 4.79 Å². The average molecular weight is 422 g/mol. The van der Waals surface area contributed by atoms with Crippen LogP contribution in [-0.4, -0.2) is 76.3 Å². The van der Waals surface area contributed by atoms with E-state index in [1.807, 2.05) is 58.9 Å². The second-order valence-electron chi connectivity index (χ2n) is 7.87. The number of amides is 1. The molecule has 0 bridgehead atoms. The van der Waals surface area contributed by atoms with E-state index in [4.69, 9.17) is 15.6 Å². The van der Waals surface area contributed by atoms with Crippen LogP contribution in [0.2, 0.25) is 0 Å². The van der Waals surface area contributed by atoms with Gasteiger partial charge in [0.2, 0.25) is 5.91 Å². The van der Waals surface area contributed by atoms with Gasteiger partial charge in [-0.3, -0.25) is 4.79 Å². The molecule has 1 amide bonds. The van der Waals surface area contributed by atoms with E-state index in [2.05, 4.69) is 9.97 Å². The number of hydrogen-bond donors (Lipinski definition) is 1. The number of methoxy groups -OCH3 is 1. The summed E-state index contributed by atoms with van der Waals surface area (Å²) in [4.78, 5) is 25.0. The molecule has 1 atom stereocenters. The minimum Gasteiger partial charge on any atom is -0.497 e. The van der Waals surface area contributed by atoms with Crippen molar-refractivity contribution in [3.63, 3.8) is 0 Å².